The van der Waals surface area contributed by atoms with Gasteiger partial charge in [-0.3, -0.25) is 0 Å². The Kier molecular flexibility index (Phi) is 5.67. The first-order valence-corrected chi connectivity index (χ1v) is 10.4. The van der Waals surface area contributed by atoms with Gasteiger partial charge in [0.1, 0.15) is 12.7 Å². The Morgan fingerprint density at radius 2 is 1.76 bits per heavy atom. The van der Waals surface area contributed by atoms with Crippen LogP contribution in [0.5, 0.6) is 0 Å². The summed E-state index contributed by atoms with van der Waals surface area (Å²) in [5.74, 6) is 0. The predicted octanol–water partition coefficient (Wildman–Crippen LogP) is 3.33. The Labute approximate surface area is 162 Å². The largest absolute Gasteiger partial charge is 0.249 e. The van der Waals surface area contributed by atoms with Gasteiger partial charge in [0.2, 0.25) is 10.0 Å². The summed E-state index contributed by atoms with van der Waals surface area (Å²) in [6.45, 7) is 0.835. The van der Waals surface area contributed by atoms with Crippen molar-refractivity contribution in [2.75, 3.05) is 0 Å². The first-order valence-electron chi connectivity index (χ1n) is 7.29. The fraction of sp³-hybridized carbons (Fsp3) is 0.125. The molecule has 1 N–H and O–H groups in total. The lowest BCUT2D eigenvalue weighted by Gasteiger charge is -2.10. The fourth-order valence-electron chi connectivity index (χ4n) is 2.20. The molecule has 0 atom stereocenters. The number of hydrogen-bond acceptors (Lipinski definition) is 4. The molecule has 0 radical (unpaired) electrons. The zero-order chi connectivity index (χ0) is 17.9. The molecule has 0 amide bonds. The van der Waals surface area contributed by atoms with E-state index in [9.17, 15) is 8.42 Å². The normalized spacial score (nSPS) is 11.6. The van der Waals surface area contributed by atoms with E-state index in [-0.39, 0.29) is 11.4 Å². The monoisotopic (exact) mass is 484 g/mol. The van der Waals surface area contributed by atoms with Gasteiger partial charge in [0.05, 0.1) is 11.4 Å². The van der Waals surface area contributed by atoms with E-state index in [1.807, 2.05) is 24.3 Å². The maximum absolute atomic E-state index is 12.5. The summed E-state index contributed by atoms with van der Waals surface area (Å²) in [4.78, 5) is 4.10. The molecule has 3 aromatic rings. The number of aromatic nitrogens is 3. The van der Waals surface area contributed by atoms with Crippen LogP contribution in [0.4, 0.5) is 0 Å². The summed E-state index contributed by atoms with van der Waals surface area (Å²) in [6, 6.07) is 12.7. The average Bonchev–Trinajstić information content (AvgIpc) is 3.09. The first-order chi connectivity index (χ1) is 11.9. The maximum atomic E-state index is 12.5. The van der Waals surface area contributed by atoms with Crippen LogP contribution < -0.4 is 4.72 Å². The standard InChI is InChI=1S/C16H14Br2N4O2S/c17-14-5-6-15(18)16(7-14)25(23,24)21-8-12-1-3-13(4-2-12)9-22-11-19-10-20-22/h1-7,10-11,21H,8-9H2. The predicted molar refractivity (Wildman–Crippen MR) is 101 cm³/mol. The second-order valence-corrected chi connectivity index (χ2v) is 8.81. The molecule has 6 nitrogen and oxygen atoms in total. The Morgan fingerprint density at radius 3 is 2.44 bits per heavy atom. The van der Waals surface area contributed by atoms with Gasteiger partial charge in [0.25, 0.3) is 0 Å². The lowest BCUT2D eigenvalue weighted by atomic mass is 10.1. The Morgan fingerprint density at radius 1 is 1.04 bits per heavy atom. The lowest BCUT2D eigenvalue weighted by molar-refractivity contribution is 0.580. The van der Waals surface area contributed by atoms with Gasteiger partial charge in [0.15, 0.2) is 0 Å². The molecule has 0 saturated heterocycles. The van der Waals surface area contributed by atoms with Crippen LogP contribution in [0.25, 0.3) is 0 Å². The van der Waals surface area contributed by atoms with Crippen LogP contribution in [0.2, 0.25) is 0 Å². The van der Waals surface area contributed by atoms with Crippen LogP contribution in [-0.4, -0.2) is 23.2 Å². The Balaban J connectivity index is 1.67. The quantitative estimate of drug-likeness (QED) is 0.580. The molecule has 1 heterocycles. The van der Waals surface area contributed by atoms with Crippen LogP contribution in [0.1, 0.15) is 11.1 Å². The highest BCUT2D eigenvalue weighted by atomic mass is 79.9. The van der Waals surface area contributed by atoms with Crippen LogP contribution >= 0.6 is 31.9 Å². The molecule has 130 valence electrons. The molecular formula is C16H14Br2N4O2S. The van der Waals surface area contributed by atoms with Crippen LogP contribution in [-0.2, 0) is 23.1 Å². The summed E-state index contributed by atoms with van der Waals surface area (Å²) >= 11 is 6.57. The Bertz CT molecular complexity index is 958. The van der Waals surface area contributed by atoms with Gasteiger partial charge in [-0.05, 0) is 45.3 Å². The SMILES string of the molecule is O=S(=O)(NCc1ccc(Cn2cncn2)cc1)c1cc(Br)ccc1Br. The molecule has 1 aromatic heterocycles. The van der Waals surface area contributed by atoms with Crippen molar-refractivity contribution in [2.24, 2.45) is 0 Å². The molecule has 9 heteroatoms. The van der Waals surface area contributed by atoms with Crippen molar-refractivity contribution in [2.45, 2.75) is 18.0 Å². The molecule has 0 aliphatic rings. The van der Waals surface area contributed by atoms with Gasteiger partial charge in [-0.2, -0.15) is 5.10 Å². The molecule has 0 fully saturated rings. The van der Waals surface area contributed by atoms with E-state index in [0.717, 1.165) is 11.1 Å². The summed E-state index contributed by atoms with van der Waals surface area (Å²) in [7, 11) is -3.61. The van der Waals surface area contributed by atoms with Gasteiger partial charge >= 0.3 is 0 Å². The third kappa shape index (κ3) is 4.75. The molecule has 0 aliphatic carbocycles. The summed E-state index contributed by atoms with van der Waals surface area (Å²) in [6.07, 6.45) is 3.14. The number of nitrogens with zero attached hydrogens (tertiary/aromatic N) is 3. The van der Waals surface area contributed by atoms with E-state index in [2.05, 4.69) is 46.7 Å². The number of nitrogens with one attached hydrogen (secondary N) is 1. The highest BCUT2D eigenvalue weighted by molar-refractivity contribution is 9.11. The van der Waals surface area contributed by atoms with E-state index >= 15 is 0 Å². The molecule has 25 heavy (non-hydrogen) atoms. The fourth-order valence-corrected chi connectivity index (χ4v) is 4.72. The van der Waals surface area contributed by atoms with Crippen molar-refractivity contribution in [3.63, 3.8) is 0 Å². The smallest absolute Gasteiger partial charge is 0.242 e. The number of benzene rings is 2. The van der Waals surface area contributed by atoms with E-state index in [1.54, 1.807) is 29.2 Å². The van der Waals surface area contributed by atoms with Crippen LogP contribution in [0.3, 0.4) is 0 Å². The number of sulfonamides is 1. The van der Waals surface area contributed by atoms with Gasteiger partial charge in [-0.15, -0.1) is 0 Å². The Hall–Kier alpha value is -1.55. The van der Waals surface area contributed by atoms with E-state index in [1.165, 1.54) is 6.33 Å². The molecule has 2 aromatic carbocycles. The number of halogens is 2. The first kappa shape index (κ1) is 18.2. The minimum absolute atomic E-state index is 0.199. The highest BCUT2D eigenvalue weighted by Gasteiger charge is 2.17. The zero-order valence-corrected chi connectivity index (χ0v) is 16.9. The van der Waals surface area contributed by atoms with Crippen LogP contribution in [0.15, 0.2) is 69.0 Å². The summed E-state index contributed by atoms with van der Waals surface area (Å²) < 4.78 is 30.5. The highest BCUT2D eigenvalue weighted by Crippen LogP contribution is 2.25. The topological polar surface area (TPSA) is 76.9 Å². The zero-order valence-electron chi connectivity index (χ0n) is 12.9. The van der Waals surface area contributed by atoms with Gasteiger partial charge < -0.3 is 0 Å². The van der Waals surface area contributed by atoms with Crippen LogP contribution in [0, 0.1) is 0 Å². The minimum Gasteiger partial charge on any atom is -0.249 e. The van der Waals surface area contributed by atoms with Crippen molar-refractivity contribution in [1.29, 1.82) is 0 Å². The van der Waals surface area contributed by atoms with Crippen molar-refractivity contribution >= 4 is 41.9 Å². The van der Waals surface area contributed by atoms with E-state index in [4.69, 9.17) is 0 Å². The average molecular weight is 486 g/mol. The molecule has 0 spiro atoms. The van der Waals surface area contributed by atoms with E-state index in [0.29, 0.717) is 15.5 Å². The number of rotatable bonds is 6. The molecule has 0 aliphatic heterocycles. The van der Waals surface area contributed by atoms with Crippen molar-refractivity contribution < 1.29 is 8.42 Å². The second-order valence-electron chi connectivity index (χ2n) is 5.31. The van der Waals surface area contributed by atoms with Gasteiger partial charge in [-0.25, -0.2) is 22.8 Å². The lowest BCUT2D eigenvalue weighted by Crippen LogP contribution is -2.23. The summed E-state index contributed by atoms with van der Waals surface area (Å²) in [5, 5.41) is 4.06. The molecule has 0 bridgehead atoms. The second kappa shape index (κ2) is 7.77. The number of hydrogen-bond donors (Lipinski definition) is 1. The van der Waals surface area contributed by atoms with Crippen molar-refractivity contribution in [1.82, 2.24) is 19.5 Å². The molecule has 3 rings (SSSR count). The van der Waals surface area contributed by atoms with Gasteiger partial charge in [-0.1, -0.05) is 40.2 Å². The minimum atomic E-state index is -3.61. The maximum Gasteiger partial charge on any atom is 0.242 e. The molecule has 0 saturated carbocycles. The van der Waals surface area contributed by atoms with Gasteiger partial charge in [0, 0.05) is 15.5 Å². The van der Waals surface area contributed by atoms with E-state index < -0.39 is 10.0 Å². The third-order valence-electron chi connectivity index (χ3n) is 3.48. The third-order valence-corrected chi connectivity index (χ3v) is 6.37. The van der Waals surface area contributed by atoms with Crippen molar-refractivity contribution in [3.05, 3.63) is 75.2 Å². The molecular weight excluding hydrogens is 472 g/mol. The summed E-state index contributed by atoms with van der Waals surface area (Å²) in [5.41, 5.74) is 1.93. The molecule has 0 unspecified atom stereocenters. The van der Waals surface area contributed by atoms with Crippen molar-refractivity contribution in [3.8, 4) is 0 Å².